The molecule has 0 bridgehead atoms. The summed E-state index contributed by atoms with van der Waals surface area (Å²) < 4.78 is 4.86. The number of carbonyl (C=O) groups is 1. The summed E-state index contributed by atoms with van der Waals surface area (Å²) in [6, 6.07) is 0. The third-order valence-electron chi connectivity index (χ3n) is 1.44. The minimum atomic E-state index is -0.368. The minimum absolute atomic E-state index is 0.367. The van der Waals surface area contributed by atoms with Crippen molar-refractivity contribution in [2.24, 2.45) is 0 Å². The number of thiazole rings is 1. The van der Waals surface area contributed by atoms with E-state index in [0.717, 1.165) is 4.88 Å². The number of rotatable bonds is 4. The zero-order valence-electron chi connectivity index (χ0n) is 7.77. The first-order valence-corrected chi connectivity index (χ1v) is 5.68. The molecule has 0 amide bonds. The maximum absolute atomic E-state index is 11.4. The second-order valence-electron chi connectivity index (χ2n) is 2.37. The van der Waals surface area contributed by atoms with E-state index in [9.17, 15) is 4.79 Å². The van der Waals surface area contributed by atoms with Crippen LogP contribution in [0.15, 0.2) is 11.6 Å². The molecule has 0 radical (unpaired) electrons. The molecule has 0 N–H and O–H groups in total. The fourth-order valence-corrected chi connectivity index (χ4v) is 1.69. The maximum Gasteiger partial charge on any atom is 0.358 e. The lowest BCUT2D eigenvalue weighted by molar-refractivity contribution is 0.0520. The zero-order chi connectivity index (χ0) is 10.4. The molecule has 0 saturated heterocycles. The molecule has 1 heterocycles. The molecule has 1 aromatic heterocycles. The highest BCUT2D eigenvalue weighted by molar-refractivity contribution is 7.80. The molecule has 0 fully saturated rings. The van der Waals surface area contributed by atoms with Crippen LogP contribution in [0.3, 0.4) is 0 Å². The van der Waals surface area contributed by atoms with Crippen molar-refractivity contribution in [2.75, 3.05) is 12.4 Å². The van der Waals surface area contributed by atoms with Gasteiger partial charge in [0.1, 0.15) is 0 Å². The number of esters is 1. The van der Waals surface area contributed by atoms with Gasteiger partial charge < -0.3 is 4.74 Å². The summed E-state index contributed by atoms with van der Waals surface area (Å²) in [5, 5.41) is 0. The van der Waals surface area contributed by atoms with Gasteiger partial charge in [-0.3, -0.25) is 0 Å². The van der Waals surface area contributed by atoms with Crippen molar-refractivity contribution in [3.8, 4) is 0 Å². The van der Waals surface area contributed by atoms with Crippen LogP contribution in [-0.2, 0) is 4.74 Å². The molecule has 3 nitrogen and oxygen atoms in total. The van der Waals surface area contributed by atoms with Crippen LogP contribution in [0.1, 0.15) is 22.3 Å². The third-order valence-corrected chi connectivity index (χ3v) is 2.44. The van der Waals surface area contributed by atoms with E-state index in [1.54, 1.807) is 12.4 Å². The van der Waals surface area contributed by atoms with Crippen LogP contribution >= 0.6 is 24.0 Å². The lowest BCUT2D eigenvalue weighted by Crippen LogP contribution is -2.06. The van der Waals surface area contributed by atoms with Crippen LogP contribution in [0.4, 0.5) is 0 Å². The standard InChI is InChI=1S/C9H11NO2S2/c1-2-12-9(11)8-7(4-3-5-13)14-6-10-8/h3-4,6,13H,2,5H2,1H3. The Morgan fingerprint density at radius 3 is 3.21 bits per heavy atom. The van der Waals surface area contributed by atoms with Crippen molar-refractivity contribution in [3.63, 3.8) is 0 Å². The molecular weight excluding hydrogens is 218 g/mol. The van der Waals surface area contributed by atoms with Gasteiger partial charge in [0.25, 0.3) is 0 Å². The van der Waals surface area contributed by atoms with Crippen molar-refractivity contribution >= 4 is 36.0 Å². The van der Waals surface area contributed by atoms with Gasteiger partial charge in [0, 0.05) is 5.75 Å². The van der Waals surface area contributed by atoms with Gasteiger partial charge in [0.15, 0.2) is 5.69 Å². The van der Waals surface area contributed by atoms with E-state index in [1.165, 1.54) is 11.3 Å². The van der Waals surface area contributed by atoms with Crippen LogP contribution in [0.2, 0.25) is 0 Å². The van der Waals surface area contributed by atoms with E-state index < -0.39 is 0 Å². The Kier molecular flexibility index (Phi) is 4.69. The summed E-state index contributed by atoms with van der Waals surface area (Å²) >= 11 is 5.45. The number of hydrogen-bond donors (Lipinski definition) is 1. The van der Waals surface area contributed by atoms with Crippen molar-refractivity contribution in [3.05, 3.63) is 22.2 Å². The second-order valence-corrected chi connectivity index (χ2v) is 3.62. The highest BCUT2D eigenvalue weighted by Crippen LogP contribution is 2.16. The Morgan fingerprint density at radius 1 is 1.79 bits per heavy atom. The zero-order valence-corrected chi connectivity index (χ0v) is 9.48. The molecule has 0 atom stereocenters. The molecular formula is C9H11NO2S2. The number of carbonyl (C=O) groups excluding carboxylic acids is 1. The van der Waals surface area contributed by atoms with E-state index >= 15 is 0 Å². The third kappa shape index (κ3) is 2.85. The number of ether oxygens (including phenoxy) is 1. The Bertz CT molecular complexity index is 333. The SMILES string of the molecule is CCOC(=O)c1ncsc1C=CCS. The summed E-state index contributed by atoms with van der Waals surface area (Å²) in [7, 11) is 0. The number of nitrogens with zero attached hydrogens (tertiary/aromatic N) is 1. The van der Waals surface area contributed by atoms with Gasteiger partial charge in [-0.25, -0.2) is 9.78 Å². The van der Waals surface area contributed by atoms with Gasteiger partial charge >= 0.3 is 5.97 Å². The molecule has 0 saturated carbocycles. The van der Waals surface area contributed by atoms with E-state index in [-0.39, 0.29) is 5.97 Å². The van der Waals surface area contributed by atoms with E-state index in [4.69, 9.17) is 4.74 Å². The predicted octanol–water partition coefficient (Wildman–Crippen LogP) is 2.26. The Morgan fingerprint density at radius 2 is 2.57 bits per heavy atom. The van der Waals surface area contributed by atoms with E-state index in [0.29, 0.717) is 18.1 Å². The lowest BCUT2D eigenvalue weighted by atomic mass is 10.3. The van der Waals surface area contributed by atoms with Gasteiger partial charge in [0.2, 0.25) is 0 Å². The van der Waals surface area contributed by atoms with Crippen LogP contribution in [0.25, 0.3) is 6.08 Å². The van der Waals surface area contributed by atoms with Crippen LogP contribution < -0.4 is 0 Å². The normalized spacial score (nSPS) is 10.7. The molecule has 5 heteroatoms. The quantitative estimate of drug-likeness (QED) is 0.636. The van der Waals surface area contributed by atoms with Gasteiger partial charge in [-0.2, -0.15) is 12.6 Å². The van der Waals surface area contributed by atoms with Crippen LogP contribution in [0.5, 0.6) is 0 Å². The summed E-state index contributed by atoms with van der Waals surface area (Å²) in [6.45, 7) is 2.14. The molecule has 1 aromatic rings. The average Bonchev–Trinajstić information content (AvgIpc) is 2.63. The van der Waals surface area contributed by atoms with E-state index in [2.05, 4.69) is 17.6 Å². The topological polar surface area (TPSA) is 39.2 Å². The molecule has 0 spiro atoms. The Hall–Kier alpha value is -0.810. The van der Waals surface area contributed by atoms with Crippen molar-refractivity contribution in [1.29, 1.82) is 0 Å². The van der Waals surface area contributed by atoms with Crippen LogP contribution in [-0.4, -0.2) is 23.3 Å². The molecule has 0 aliphatic rings. The molecule has 0 aliphatic heterocycles. The monoisotopic (exact) mass is 229 g/mol. The number of hydrogen-bond acceptors (Lipinski definition) is 5. The maximum atomic E-state index is 11.4. The highest BCUT2D eigenvalue weighted by Gasteiger charge is 2.13. The average molecular weight is 229 g/mol. The molecule has 0 unspecified atom stereocenters. The second kappa shape index (κ2) is 5.82. The Balaban J connectivity index is 2.81. The fraction of sp³-hybridized carbons (Fsp3) is 0.333. The van der Waals surface area contributed by atoms with Crippen LogP contribution in [0, 0.1) is 0 Å². The van der Waals surface area contributed by atoms with Gasteiger partial charge in [-0.05, 0) is 13.0 Å². The molecule has 76 valence electrons. The first kappa shape index (κ1) is 11.3. The van der Waals surface area contributed by atoms with Crippen molar-refractivity contribution in [1.82, 2.24) is 4.98 Å². The lowest BCUT2D eigenvalue weighted by Gasteiger charge is -1.98. The van der Waals surface area contributed by atoms with Crippen molar-refractivity contribution in [2.45, 2.75) is 6.92 Å². The summed E-state index contributed by atoms with van der Waals surface area (Å²) in [5.41, 5.74) is 2.01. The summed E-state index contributed by atoms with van der Waals surface area (Å²) in [5.74, 6) is 0.271. The molecule has 0 aromatic carbocycles. The summed E-state index contributed by atoms with van der Waals surface area (Å²) in [6.07, 6.45) is 3.69. The first-order valence-electron chi connectivity index (χ1n) is 4.17. The number of thiol groups is 1. The van der Waals surface area contributed by atoms with Gasteiger partial charge in [0.05, 0.1) is 17.0 Å². The molecule has 1 rings (SSSR count). The number of aromatic nitrogens is 1. The fourth-order valence-electron chi connectivity index (χ4n) is 0.886. The first-order chi connectivity index (χ1) is 6.79. The molecule has 14 heavy (non-hydrogen) atoms. The largest absolute Gasteiger partial charge is 0.461 e. The predicted molar refractivity (Wildman–Crippen MR) is 61.0 cm³/mol. The smallest absolute Gasteiger partial charge is 0.358 e. The van der Waals surface area contributed by atoms with Crippen molar-refractivity contribution < 1.29 is 9.53 Å². The van der Waals surface area contributed by atoms with Gasteiger partial charge in [-0.1, -0.05) is 6.08 Å². The summed E-state index contributed by atoms with van der Waals surface area (Å²) in [4.78, 5) is 16.1. The van der Waals surface area contributed by atoms with Gasteiger partial charge in [-0.15, -0.1) is 11.3 Å². The highest BCUT2D eigenvalue weighted by atomic mass is 32.1. The molecule has 0 aliphatic carbocycles. The minimum Gasteiger partial charge on any atom is -0.461 e. The Labute approximate surface area is 92.2 Å². The van der Waals surface area contributed by atoms with E-state index in [1.807, 2.05) is 12.2 Å².